The van der Waals surface area contributed by atoms with Crippen molar-refractivity contribution in [1.82, 2.24) is 25.1 Å². The fraction of sp³-hybridized carbons (Fsp3) is 0.0588. The Bertz CT molecular complexity index is 1140. The van der Waals surface area contributed by atoms with Crippen molar-refractivity contribution in [2.45, 2.75) is 0 Å². The van der Waals surface area contributed by atoms with Gasteiger partial charge in [0, 0.05) is 10.6 Å². The fourth-order valence-corrected chi connectivity index (χ4v) is 2.81. The summed E-state index contributed by atoms with van der Waals surface area (Å²) in [6.07, 6.45) is 0. The van der Waals surface area contributed by atoms with E-state index in [0.717, 1.165) is 5.56 Å². The third-order valence-corrected chi connectivity index (χ3v) is 4.29. The highest BCUT2D eigenvalue weighted by molar-refractivity contribution is 6.30. The molecule has 1 aliphatic heterocycles. The molecule has 10 heteroatoms. The van der Waals surface area contributed by atoms with Gasteiger partial charge in [0.2, 0.25) is 12.6 Å². The van der Waals surface area contributed by atoms with Gasteiger partial charge in [-0.25, -0.2) is 0 Å². The average Bonchev–Trinajstić information content (AvgIpc) is 3.41. The van der Waals surface area contributed by atoms with Crippen LogP contribution in [0.2, 0.25) is 5.02 Å². The van der Waals surface area contributed by atoms with Crippen LogP contribution in [0.15, 0.2) is 47.0 Å². The Kier molecular flexibility index (Phi) is 3.47. The number of anilines is 1. The van der Waals surface area contributed by atoms with Gasteiger partial charge in [-0.2, -0.15) is 9.67 Å². The molecule has 2 N–H and O–H groups in total. The van der Waals surface area contributed by atoms with E-state index in [-0.39, 0.29) is 18.5 Å². The number of benzene rings is 2. The fourth-order valence-electron chi connectivity index (χ4n) is 2.69. The van der Waals surface area contributed by atoms with Crippen LogP contribution in [0.5, 0.6) is 11.5 Å². The molecule has 1 aliphatic rings. The topological polar surface area (TPSA) is 114 Å². The Morgan fingerprint density at radius 3 is 2.70 bits per heavy atom. The van der Waals surface area contributed by atoms with E-state index in [0.29, 0.717) is 33.7 Å². The zero-order chi connectivity index (χ0) is 18.4. The molecule has 2 aromatic heterocycles. The van der Waals surface area contributed by atoms with E-state index >= 15 is 0 Å². The average molecular weight is 383 g/mol. The van der Waals surface area contributed by atoms with Crippen LogP contribution in [-0.2, 0) is 0 Å². The SMILES string of the molecule is Nc1c(-c2nc(-c3ccc4c(c3)OCO4)no2)nnn1-c1ccc(Cl)cc1. The van der Waals surface area contributed by atoms with Crippen molar-refractivity contribution in [2.24, 2.45) is 0 Å². The second-order valence-corrected chi connectivity index (χ2v) is 6.14. The maximum atomic E-state index is 6.17. The number of nitrogen functional groups attached to an aromatic ring is 1. The van der Waals surface area contributed by atoms with Crippen LogP contribution < -0.4 is 15.2 Å². The molecule has 9 nitrogen and oxygen atoms in total. The van der Waals surface area contributed by atoms with E-state index < -0.39 is 0 Å². The summed E-state index contributed by atoms with van der Waals surface area (Å²) in [5.74, 6) is 2.13. The third-order valence-electron chi connectivity index (χ3n) is 4.04. The van der Waals surface area contributed by atoms with E-state index in [9.17, 15) is 0 Å². The van der Waals surface area contributed by atoms with Crippen LogP contribution in [0.25, 0.3) is 28.7 Å². The van der Waals surface area contributed by atoms with Crippen LogP contribution in [0.4, 0.5) is 5.82 Å². The molecule has 0 saturated heterocycles. The first kappa shape index (κ1) is 15.6. The summed E-state index contributed by atoms with van der Waals surface area (Å²) in [7, 11) is 0. The summed E-state index contributed by atoms with van der Waals surface area (Å²) < 4.78 is 17.5. The summed E-state index contributed by atoms with van der Waals surface area (Å²) in [6.45, 7) is 0.195. The van der Waals surface area contributed by atoms with Gasteiger partial charge >= 0.3 is 0 Å². The second kappa shape index (κ2) is 5.99. The Morgan fingerprint density at radius 1 is 1.04 bits per heavy atom. The summed E-state index contributed by atoms with van der Waals surface area (Å²) in [5, 5.41) is 12.7. The number of rotatable bonds is 3. The molecule has 0 bridgehead atoms. The lowest BCUT2D eigenvalue weighted by molar-refractivity contribution is 0.174. The molecule has 134 valence electrons. The minimum absolute atomic E-state index is 0.167. The summed E-state index contributed by atoms with van der Waals surface area (Å²) >= 11 is 5.91. The van der Waals surface area contributed by atoms with Crippen molar-refractivity contribution >= 4 is 17.4 Å². The zero-order valence-corrected chi connectivity index (χ0v) is 14.4. The van der Waals surface area contributed by atoms with Crippen molar-refractivity contribution < 1.29 is 14.0 Å². The number of aromatic nitrogens is 5. The van der Waals surface area contributed by atoms with E-state index in [1.54, 1.807) is 36.4 Å². The Balaban J connectivity index is 1.49. The number of nitrogens with two attached hydrogens (primary N) is 1. The predicted molar refractivity (Wildman–Crippen MR) is 95.6 cm³/mol. The molecule has 0 fully saturated rings. The quantitative estimate of drug-likeness (QED) is 0.575. The lowest BCUT2D eigenvalue weighted by Crippen LogP contribution is -2.02. The van der Waals surface area contributed by atoms with Crippen molar-refractivity contribution in [3.63, 3.8) is 0 Å². The van der Waals surface area contributed by atoms with Gasteiger partial charge < -0.3 is 19.7 Å². The van der Waals surface area contributed by atoms with Gasteiger partial charge in [-0.15, -0.1) is 5.10 Å². The van der Waals surface area contributed by atoms with Crippen molar-refractivity contribution in [3.8, 4) is 40.2 Å². The number of halogens is 1. The summed E-state index contributed by atoms with van der Waals surface area (Å²) in [4.78, 5) is 4.37. The number of ether oxygens (including phenoxy) is 2. The lowest BCUT2D eigenvalue weighted by Gasteiger charge is -2.02. The van der Waals surface area contributed by atoms with Crippen LogP contribution in [-0.4, -0.2) is 31.9 Å². The molecule has 0 unspecified atom stereocenters. The normalized spacial score (nSPS) is 12.5. The number of fused-ring (bicyclic) bond motifs is 1. The number of hydrogen-bond acceptors (Lipinski definition) is 8. The molecule has 2 aromatic carbocycles. The van der Waals surface area contributed by atoms with Gasteiger partial charge in [-0.1, -0.05) is 22.0 Å². The van der Waals surface area contributed by atoms with Crippen LogP contribution >= 0.6 is 11.6 Å². The molecule has 27 heavy (non-hydrogen) atoms. The second-order valence-electron chi connectivity index (χ2n) is 5.70. The highest BCUT2D eigenvalue weighted by Gasteiger charge is 2.21. The summed E-state index contributed by atoms with van der Waals surface area (Å²) in [6, 6.07) is 12.4. The first-order valence-corrected chi connectivity index (χ1v) is 8.28. The Hall–Kier alpha value is -3.59. The molecule has 0 aliphatic carbocycles. The van der Waals surface area contributed by atoms with E-state index in [1.165, 1.54) is 4.68 Å². The minimum atomic E-state index is 0.167. The van der Waals surface area contributed by atoms with Gasteiger partial charge in [0.1, 0.15) is 0 Å². The maximum Gasteiger partial charge on any atom is 0.282 e. The van der Waals surface area contributed by atoms with Gasteiger partial charge in [-0.3, -0.25) is 0 Å². The standard InChI is InChI=1S/C17H11ClN6O3/c18-10-2-4-11(5-3-10)24-15(19)14(21-23-24)17-20-16(22-27-17)9-1-6-12-13(7-9)26-8-25-12/h1-7H,8,19H2. The van der Waals surface area contributed by atoms with E-state index in [4.69, 9.17) is 31.3 Å². The maximum absolute atomic E-state index is 6.17. The molecule has 5 rings (SSSR count). The predicted octanol–water partition coefficient (Wildman–Crippen LogP) is 2.95. The van der Waals surface area contributed by atoms with Gasteiger partial charge in [0.05, 0.1) is 5.69 Å². The first-order chi connectivity index (χ1) is 13.2. The Morgan fingerprint density at radius 2 is 1.85 bits per heavy atom. The van der Waals surface area contributed by atoms with E-state index in [2.05, 4.69) is 20.5 Å². The van der Waals surface area contributed by atoms with Gasteiger partial charge in [0.25, 0.3) is 5.89 Å². The molecular weight excluding hydrogens is 372 g/mol. The monoisotopic (exact) mass is 382 g/mol. The molecular formula is C17H11ClN6O3. The minimum Gasteiger partial charge on any atom is -0.454 e. The van der Waals surface area contributed by atoms with Crippen molar-refractivity contribution in [3.05, 3.63) is 47.5 Å². The van der Waals surface area contributed by atoms with Crippen molar-refractivity contribution in [1.29, 1.82) is 0 Å². The van der Waals surface area contributed by atoms with E-state index in [1.807, 2.05) is 6.07 Å². The number of nitrogens with zero attached hydrogens (tertiary/aromatic N) is 5. The molecule has 4 aromatic rings. The molecule has 0 saturated carbocycles. The number of hydrogen-bond donors (Lipinski definition) is 1. The lowest BCUT2D eigenvalue weighted by atomic mass is 10.2. The van der Waals surface area contributed by atoms with Crippen LogP contribution in [0.3, 0.4) is 0 Å². The zero-order valence-electron chi connectivity index (χ0n) is 13.7. The molecule has 0 spiro atoms. The van der Waals surface area contributed by atoms with Gasteiger partial charge in [-0.05, 0) is 42.5 Å². The van der Waals surface area contributed by atoms with Crippen molar-refractivity contribution in [2.75, 3.05) is 12.5 Å². The smallest absolute Gasteiger partial charge is 0.282 e. The highest BCUT2D eigenvalue weighted by atomic mass is 35.5. The molecule has 3 heterocycles. The van der Waals surface area contributed by atoms with Gasteiger partial charge in [0.15, 0.2) is 23.0 Å². The van der Waals surface area contributed by atoms with Crippen LogP contribution in [0.1, 0.15) is 0 Å². The molecule has 0 radical (unpaired) electrons. The first-order valence-electron chi connectivity index (χ1n) is 7.90. The largest absolute Gasteiger partial charge is 0.454 e. The van der Waals surface area contributed by atoms with Crippen LogP contribution in [0, 0.1) is 0 Å². The third kappa shape index (κ3) is 2.64. The molecule has 0 amide bonds. The highest BCUT2D eigenvalue weighted by Crippen LogP contribution is 2.35. The Labute approximate surface area is 157 Å². The molecule has 0 atom stereocenters. The summed E-state index contributed by atoms with van der Waals surface area (Å²) in [5.41, 5.74) is 7.90.